The van der Waals surface area contributed by atoms with Gasteiger partial charge in [-0.1, -0.05) is 17.4 Å². The lowest BCUT2D eigenvalue weighted by atomic mass is 10.4. The number of anilines is 1. The maximum absolute atomic E-state index is 12.6. The molecule has 1 amide bonds. The number of hydrogen-bond acceptors (Lipinski definition) is 6. The molecule has 3 heterocycles. The zero-order valence-electron chi connectivity index (χ0n) is 13.7. The van der Waals surface area contributed by atoms with E-state index >= 15 is 0 Å². The average Bonchev–Trinajstić information content (AvgIpc) is 3.03. The number of aromatic nitrogens is 5. The quantitative estimate of drug-likeness (QED) is 0.542. The van der Waals surface area contributed by atoms with Crippen LogP contribution in [0, 0.1) is 10.9 Å². The van der Waals surface area contributed by atoms with Crippen LogP contribution < -0.4 is 10.9 Å². The van der Waals surface area contributed by atoms with Crippen LogP contribution in [-0.4, -0.2) is 29.8 Å². The highest BCUT2D eigenvalue weighted by Gasteiger charge is 2.14. The predicted octanol–water partition coefficient (Wildman–Crippen LogP) is 1.86. The Kier molecular flexibility index (Phi) is 4.64. The summed E-state index contributed by atoms with van der Waals surface area (Å²) in [6.07, 6.45) is 3.05. The van der Waals surface area contributed by atoms with Gasteiger partial charge in [-0.3, -0.25) is 18.8 Å². The fraction of sp³-hybridized carbons (Fsp3) is 0.267. The molecule has 0 aliphatic heterocycles. The van der Waals surface area contributed by atoms with Gasteiger partial charge in [0.1, 0.15) is 23.4 Å². The number of aryl methyl sites for hydroxylation is 2. The average molecular weight is 376 g/mol. The van der Waals surface area contributed by atoms with Crippen LogP contribution in [0.15, 0.2) is 29.8 Å². The van der Waals surface area contributed by atoms with Gasteiger partial charge in [0.15, 0.2) is 9.60 Å². The van der Waals surface area contributed by atoms with E-state index in [1.807, 2.05) is 6.92 Å². The van der Waals surface area contributed by atoms with Crippen LogP contribution in [0.1, 0.15) is 5.69 Å². The van der Waals surface area contributed by atoms with Crippen LogP contribution in [0.4, 0.5) is 5.82 Å². The SMILES string of the molecule is C=CCn1c(=S)sc2c(=O)n(CC(=O)Nc3cc(C)nn3C)cnc21. The Bertz CT molecular complexity index is 1090. The van der Waals surface area contributed by atoms with E-state index in [9.17, 15) is 9.59 Å². The van der Waals surface area contributed by atoms with Crippen molar-refractivity contribution in [2.24, 2.45) is 7.05 Å². The van der Waals surface area contributed by atoms with E-state index in [0.717, 1.165) is 5.69 Å². The van der Waals surface area contributed by atoms with Crippen LogP contribution in [0.5, 0.6) is 0 Å². The minimum Gasteiger partial charge on any atom is -0.309 e. The van der Waals surface area contributed by atoms with Gasteiger partial charge in [0.05, 0.1) is 5.69 Å². The maximum atomic E-state index is 12.6. The molecule has 0 saturated heterocycles. The van der Waals surface area contributed by atoms with E-state index in [4.69, 9.17) is 12.2 Å². The number of carbonyl (C=O) groups excluding carboxylic acids is 1. The summed E-state index contributed by atoms with van der Waals surface area (Å²) >= 11 is 6.45. The molecule has 0 aliphatic rings. The van der Waals surface area contributed by atoms with Crippen molar-refractivity contribution >= 4 is 45.6 Å². The second-order valence-electron chi connectivity index (χ2n) is 5.44. The van der Waals surface area contributed by atoms with Gasteiger partial charge in [-0.05, 0) is 19.1 Å². The van der Waals surface area contributed by atoms with Crippen LogP contribution in [0.3, 0.4) is 0 Å². The molecule has 0 aliphatic carbocycles. The molecule has 25 heavy (non-hydrogen) atoms. The summed E-state index contributed by atoms with van der Waals surface area (Å²) in [5.74, 6) is 0.234. The second kappa shape index (κ2) is 6.73. The van der Waals surface area contributed by atoms with E-state index in [2.05, 4.69) is 22.0 Å². The second-order valence-corrected chi connectivity index (χ2v) is 7.08. The number of allylic oxidation sites excluding steroid dienone is 1. The number of hydrogen-bond donors (Lipinski definition) is 1. The van der Waals surface area contributed by atoms with Crippen LogP contribution in [0.25, 0.3) is 10.3 Å². The molecular formula is C15H16N6O2S2. The summed E-state index contributed by atoms with van der Waals surface area (Å²) in [7, 11) is 1.73. The molecule has 0 atom stereocenters. The molecule has 130 valence electrons. The van der Waals surface area contributed by atoms with Gasteiger partial charge in [0.25, 0.3) is 5.56 Å². The third-order valence-corrected chi connectivity index (χ3v) is 4.96. The fourth-order valence-electron chi connectivity index (χ4n) is 2.44. The molecule has 0 bridgehead atoms. The smallest absolute Gasteiger partial charge is 0.273 e. The third-order valence-electron chi connectivity index (χ3n) is 3.54. The molecule has 10 heteroatoms. The first kappa shape index (κ1) is 17.2. The Labute approximate surface area is 152 Å². The van der Waals surface area contributed by atoms with Gasteiger partial charge in [-0.15, -0.1) is 6.58 Å². The number of fused-ring (bicyclic) bond motifs is 1. The highest BCUT2D eigenvalue weighted by atomic mass is 32.1. The lowest BCUT2D eigenvalue weighted by molar-refractivity contribution is -0.116. The van der Waals surface area contributed by atoms with Gasteiger partial charge in [-0.2, -0.15) is 5.10 Å². The van der Waals surface area contributed by atoms with Crippen molar-refractivity contribution in [3.8, 4) is 0 Å². The van der Waals surface area contributed by atoms with E-state index < -0.39 is 0 Å². The number of amides is 1. The first-order valence-corrected chi connectivity index (χ1v) is 8.63. The van der Waals surface area contributed by atoms with E-state index in [0.29, 0.717) is 26.7 Å². The van der Waals surface area contributed by atoms with Crippen LogP contribution in [0.2, 0.25) is 0 Å². The van der Waals surface area contributed by atoms with Crippen molar-refractivity contribution in [3.63, 3.8) is 0 Å². The summed E-state index contributed by atoms with van der Waals surface area (Å²) in [6, 6.07) is 1.75. The van der Waals surface area contributed by atoms with Gasteiger partial charge >= 0.3 is 0 Å². The van der Waals surface area contributed by atoms with Crippen molar-refractivity contribution in [2.45, 2.75) is 20.0 Å². The molecular weight excluding hydrogens is 360 g/mol. The Morgan fingerprint density at radius 3 is 2.92 bits per heavy atom. The van der Waals surface area contributed by atoms with Crippen molar-refractivity contribution in [3.05, 3.63) is 45.1 Å². The molecule has 1 N–H and O–H groups in total. The lowest BCUT2D eigenvalue weighted by Crippen LogP contribution is -2.28. The molecule has 0 fully saturated rings. The molecule has 0 saturated carbocycles. The van der Waals surface area contributed by atoms with Crippen molar-refractivity contribution in [1.82, 2.24) is 23.9 Å². The summed E-state index contributed by atoms with van der Waals surface area (Å²) < 4.78 is 5.56. The summed E-state index contributed by atoms with van der Waals surface area (Å²) in [5, 5.41) is 6.89. The molecule has 3 aromatic rings. The number of rotatable bonds is 5. The molecule has 3 aromatic heterocycles. The zero-order chi connectivity index (χ0) is 18.1. The number of nitrogens with one attached hydrogen (secondary N) is 1. The normalized spacial score (nSPS) is 11.0. The highest BCUT2D eigenvalue weighted by Crippen LogP contribution is 2.17. The minimum atomic E-state index is -0.333. The molecule has 0 unspecified atom stereocenters. The van der Waals surface area contributed by atoms with E-state index in [1.165, 1.54) is 22.2 Å². The summed E-state index contributed by atoms with van der Waals surface area (Å²) in [5.41, 5.74) is 1.01. The van der Waals surface area contributed by atoms with Gasteiger partial charge in [0, 0.05) is 19.7 Å². The standard InChI is InChI=1S/C15H16N6O2S2/c1-4-5-21-13-12(25-15(21)24)14(23)20(8-16-13)7-11(22)17-10-6-9(2)18-19(10)3/h4,6,8H,1,5,7H2,2-3H3,(H,17,22). The van der Waals surface area contributed by atoms with Gasteiger partial charge in [0.2, 0.25) is 5.91 Å². The lowest BCUT2D eigenvalue weighted by Gasteiger charge is -2.07. The fourth-order valence-corrected chi connectivity index (χ4v) is 3.75. The Morgan fingerprint density at radius 1 is 1.52 bits per heavy atom. The zero-order valence-corrected chi connectivity index (χ0v) is 15.4. The Morgan fingerprint density at radius 2 is 2.28 bits per heavy atom. The van der Waals surface area contributed by atoms with Crippen molar-refractivity contribution < 1.29 is 4.79 Å². The van der Waals surface area contributed by atoms with Crippen molar-refractivity contribution in [1.29, 1.82) is 0 Å². The van der Waals surface area contributed by atoms with Crippen LogP contribution in [-0.2, 0) is 24.9 Å². The Balaban J connectivity index is 1.89. The Hall–Kier alpha value is -2.59. The van der Waals surface area contributed by atoms with E-state index in [-0.39, 0.29) is 18.0 Å². The molecule has 0 aromatic carbocycles. The first-order chi connectivity index (χ1) is 11.9. The number of carbonyl (C=O) groups is 1. The van der Waals surface area contributed by atoms with Gasteiger partial charge < -0.3 is 9.88 Å². The monoisotopic (exact) mass is 376 g/mol. The summed E-state index contributed by atoms with van der Waals surface area (Å²) in [6.45, 7) is 5.85. The largest absolute Gasteiger partial charge is 0.309 e. The molecule has 3 rings (SSSR count). The predicted molar refractivity (Wildman–Crippen MR) is 99.5 cm³/mol. The first-order valence-electron chi connectivity index (χ1n) is 7.41. The van der Waals surface area contributed by atoms with Crippen LogP contribution >= 0.6 is 23.6 Å². The molecule has 8 nitrogen and oxygen atoms in total. The molecule has 0 spiro atoms. The minimum absolute atomic E-state index is 0.141. The molecule has 0 radical (unpaired) electrons. The topological polar surface area (TPSA) is 86.7 Å². The highest BCUT2D eigenvalue weighted by molar-refractivity contribution is 7.73. The van der Waals surface area contributed by atoms with E-state index in [1.54, 1.807) is 28.4 Å². The van der Waals surface area contributed by atoms with Gasteiger partial charge in [-0.25, -0.2) is 4.98 Å². The maximum Gasteiger partial charge on any atom is 0.273 e. The number of nitrogens with zero attached hydrogens (tertiary/aromatic N) is 5. The third kappa shape index (κ3) is 3.30. The summed E-state index contributed by atoms with van der Waals surface area (Å²) in [4.78, 5) is 29.1. The number of thiazole rings is 1. The van der Waals surface area contributed by atoms with Crippen molar-refractivity contribution in [2.75, 3.05) is 5.32 Å².